The minimum Gasteiger partial charge on any atom is -0.309 e. The first-order valence-corrected chi connectivity index (χ1v) is 18.3. The molecule has 0 aliphatic rings. The maximum Gasteiger partial charge on any atom is 0.188 e. The van der Waals surface area contributed by atoms with Crippen LogP contribution >= 0.6 is 0 Å². The zero-order valence-corrected chi connectivity index (χ0v) is 29.5. The van der Waals surface area contributed by atoms with Crippen molar-refractivity contribution in [3.63, 3.8) is 0 Å². The summed E-state index contributed by atoms with van der Waals surface area (Å²) in [7, 11) is 0. The Labute approximate surface area is 316 Å². The highest BCUT2D eigenvalue weighted by Crippen LogP contribution is 2.39. The molecule has 254 valence electrons. The SMILES string of the molecule is [C-]#[N+]c1ccc2c(c1)c1ccccc1n2-c1ccc(-c2cc(C#N)cc(-n3c4ccccc4c4cc(-n5c6ccccc6c6ccccc65)ccc43)c2)cc1. The number of rotatable bonds is 4. The van der Waals surface area contributed by atoms with Gasteiger partial charge in [0.25, 0.3) is 0 Å². The summed E-state index contributed by atoms with van der Waals surface area (Å²) in [5, 5.41) is 17.3. The van der Waals surface area contributed by atoms with E-state index in [1.54, 1.807) is 0 Å². The summed E-state index contributed by atoms with van der Waals surface area (Å²) in [4.78, 5) is 3.68. The van der Waals surface area contributed by atoms with Crippen LogP contribution in [0.4, 0.5) is 5.69 Å². The van der Waals surface area contributed by atoms with Gasteiger partial charge >= 0.3 is 0 Å². The van der Waals surface area contributed by atoms with E-state index in [1.807, 2.05) is 36.4 Å². The van der Waals surface area contributed by atoms with E-state index < -0.39 is 0 Å². The molecule has 0 atom stereocenters. The first-order valence-electron chi connectivity index (χ1n) is 18.3. The smallest absolute Gasteiger partial charge is 0.188 e. The van der Waals surface area contributed by atoms with Gasteiger partial charge in [-0.2, -0.15) is 5.26 Å². The maximum atomic E-state index is 10.3. The molecule has 0 N–H and O–H groups in total. The van der Waals surface area contributed by atoms with Crippen molar-refractivity contribution < 1.29 is 0 Å². The number of aromatic nitrogens is 3. The van der Waals surface area contributed by atoms with Gasteiger partial charge in [0.2, 0.25) is 0 Å². The van der Waals surface area contributed by atoms with Crippen LogP contribution in [0.25, 0.3) is 98.5 Å². The summed E-state index contributed by atoms with van der Waals surface area (Å²) < 4.78 is 6.90. The van der Waals surface area contributed by atoms with Gasteiger partial charge in [0.15, 0.2) is 5.69 Å². The van der Waals surface area contributed by atoms with Crippen molar-refractivity contribution in [1.29, 1.82) is 5.26 Å². The number of fused-ring (bicyclic) bond motifs is 9. The van der Waals surface area contributed by atoms with Crippen molar-refractivity contribution in [3.05, 3.63) is 193 Å². The second-order valence-electron chi connectivity index (χ2n) is 14.0. The Kier molecular flexibility index (Phi) is 6.61. The predicted octanol–water partition coefficient (Wildman–Crippen LogP) is 13.1. The van der Waals surface area contributed by atoms with Crippen LogP contribution in [0.15, 0.2) is 176 Å². The van der Waals surface area contributed by atoms with E-state index >= 15 is 0 Å². The van der Waals surface area contributed by atoms with Crippen LogP contribution in [-0.2, 0) is 0 Å². The van der Waals surface area contributed by atoms with Gasteiger partial charge in [-0.15, -0.1) is 0 Å². The van der Waals surface area contributed by atoms with E-state index in [1.165, 1.54) is 21.8 Å². The molecule has 11 rings (SSSR count). The molecule has 3 heterocycles. The molecule has 55 heavy (non-hydrogen) atoms. The number of hydrogen-bond acceptors (Lipinski definition) is 1. The quantitative estimate of drug-likeness (QED) is 0.169. The lowest BCUT2D eigenvalue weighted by Crippen LogP contribution is -1.97. The van der Waals surface area contributed by atoms with Crippen LogP contribution in [-0.4, -0.2) is 13.7 Å². The highest BCUT2D eigenvalue weighted by atomic mass is 15.0. The third kappa shape index (κ3) is 4.58. The zero-order chi connectivity index (χ0) is 36.6. The molecule has 8 aromatic carbocycles. The number of para-hydroxylation sites is 4. The van der Waals surface area contributed by atoms with Gasteiger partial charge in [0, 0.05) is 44.0 Å². The van der Waals surface area contributed by atoms with Gasteiger partial charge in [0.05, 0.1) is 51.3 Å². The van der Waals surface area contributed by atoms with Crippen molar-refractivity contribution in [1.82, 2.24) is 13.7 Å². The Bertz CT molecular complexity index is 3400. The highest BCUT2D eigenvalue weighted by Gasteiger charge is 2.18. The average molecular weight is 700 g/mol. The maximum absolute atomic E-state index is 10.3. The van der Waals surface area contributed by atoms with Crippen LogP contribution in [0.1, 0.15) is 5.56 Å². The molecule has 0 radical (unpaired) electrons. The Hall–Kier alpha value is -7.86. The van der Waals surface area contributed by atoms with Gasteiger partial charge in [-0.05, 0) is 101 Å². The molecule has 0 saturated carbocycles. The van der Waals surface area contributed by atoms with E-state index in [0.29, 0.717) is 11.3 Å². The van der Waals surface area contributed by atoms with Crippen LogP contribution in [0.3, 0.4) is 0 Å². The Balaban J connectivity index is 1.06. The number of nitrogens with zero attached hydrogens (tertiary/aromatic N) is 5. The fourth-order valence-corrected chi connectivity index (χ4v) is 8.66. The van der Waals surface area contributed by atoms with E-state index in [-0.39, 0.29) is 0 Å². The molecule has 11 aromatic rings. The Morgan fingerprint density at radius 1 is 0.382 bits per heavy atom. The second-order valence-corrected chi connectivity index (χ2v) is 14.0. The van der Waals surface area contributed by atoms with Crippen molar-refractivity contribution in [2.75, 3.05) is 0 Å². The summed E-state index contributed by atoms with van der Waals surface area (Å²) in [5.74, 6) is 0. The molecule has 5 nitrogen and oxygen atoms in total. The Morgan fingerprint density at radius 3 is 1.40 bits per heavy atom. The molecule has 5 heteroatoms. The summed E-state index contributed by atoms with van der Waals surface area (Å²) in [6.45, 7) is 7.55. The van der Waals surface area contributed by atoms with Crippen molar-refractivity contribution >= 4 is 71.1 Å². The summed E-state index contributed by atoms with van der Waals surface area (Å²) in [6, 6.07) is 63.8. The predicted molar refractivity (Wildman–Crippen MR) is 226 cm³/mol. The fourth-order valence-electron chi connectivity index (χ4n) is 8.66. The van der Waals surface area contributed by atoms with Gasteiger partial charge in [0.1, 0.15) is 0 Å². The van der Waals surface area contributed by atoms with Crippen LogP contribution < -0.4 is 0 Å². The molecule has 0 spiro atoms. The summed E-state index contributed by atoms with van der Waals surface area (Å²) >= 11 is 0. The number of nitriles is 1. The molecule has 0 saturated heterocycles. The van der Waals surface area contributed by atoms with Crippen LogP contribution in [0.5, 0.6) is 0 Å². The van der Waals surface area contributed by atoms with E-state index in [9.17, 15) is 5.26 Å². The number of hydrogen-bond donors (Lipinski definition) is 0. The monoisotopic (exact) mass is 699 g/mol. The minimum atomic E-state index is 0.599. The summed E-state index contributed by atoms with van der Waals surface area (Å²) in [5.41, 5.74) is 13.0. The Morgan fingerprint density at radius 2 is 0.836 bits per heavy atom. The standard InChI is InChI=1S/C50H29N5/c1-52-35-20-24-49-43(29-35)41-12-4-8-16-47(41)53(49)36-21-18-33(19-22-36)34-26-32(31-51)27-38(28-34)55-48-17-9-5-13-42(48)44-30-37(23-25-50(44)55)54-45-14-6-2-10-39(45)40-11-3-7-15-46(40)54/h2-30H. The summed E-state index contributed by atoms with van der Waals surface area (Å²) in [6.07, 6.45) is 0. The van der Waals surface area contributed by atoms with Crippen molar-refractivity contribution in [2.24, 2.45) is 0 Å². The molecule has 3 aromatic heterocycles. The van der Waals surface area contributed by atoms with Crippen molar-refractivity contribution in [2.45, 2.75) is 0 Å². The average Bonchev–Trinajstić information content (AvgIpc) is 3.89. The lowest BCUT2D eigenvalue weighted by Gasteiger charge is -2.13. The largest absolute Gasteiger partial charge is 0.309 e. The zero-order valence-electron chi connectivity index (χ0n) is 29.5. The third-order valence-electron chi connectivity index (χ3n) is 11.0. The lowest BCUT2D eigenvalue weighted by molar-refractivity contribution is 1.16. The molecule has 0 aliphatic carbocycles. The van der Waals surface area contributed by atoms with E-state index in [2.05, 4.69) is 164 Å². The first kappa shape index (κ1) is 30.7. The molecular weight excluding hydrogens is 671 g/mol. The van der Waals surface area contributed by atoms with Gasteiger partial charge in [-0.25, -0.2) is 4.85 Å². The molecule has 0 bridgehead atoms. The first-order chi connectivity index (χ1) is 27.2. The van der Waals surface area contributed by atoms with E-state index in [4.69, 9.17) is 6.57 Å². The van der Waals surface area contributed by atoms with Crippen molar-refractivity contribution in [3.8, 4) is 34.3 Å². The minimum absolute atomic E-state index is 0.599. The molecule has 0 unspecified atom stereocenters. The van der Waals surface area contributed by atoms with E-state index in [0.717, 1.165) is 71.8 Å². The second kappa shape index (κ2) is 11.8. The molecule has 0 fully saturated rings. The lowest BCUT2D eigenvalue weighted by atomic mass is 10.0. The molecular formula is C50H29N5. The van der Waals surface area contributed by atoms with Crippen LogP contribution in [0, 0.1) is 17.9 Å². The molecule has 0 amide bonds. The fraction of sp³-hybridized carbons (Fsp3) is 0. The topological polar surface area (TPSA) is 42.9 Å². The van der Waals surface area contributed by atoms with Crippen LogP contribution in [0.2, 0.25) is 0 Å². The van der Waals surface area contributed by atoms with Gasteiger partial charge in [-0.1, -0.05) is 91.0 Å². The third-order valence-corrected chi connectivity index (χ3v) is 11.0. The molecule has 0 aliphatic heterocycles. The number of benzene rings is 8. The normalized spacial score (nSPS) is 11.6. The highest BCUT2D eigenvalue weighted by molar-refractivity contribution is 6.13. The van der Waals surface area contributed by atoms with Gasteiger partial charge < -0.3 is 13.7 Å². The van der Waals surface area contributed by atoms with Gasteiger partial charge in [-0.3, -0.25) is 0 Å².